The second-order valence-electron chi connectivity index (χ2n) is 11.4. The summed E-state index contributed by atoms with van der Waals surface area (Å²) in [6.45, 7) is 12.2. The molecule has 3 saturated carbocycles. The van der Waals surface area contributed by atoms with Gasteiger partial charge in [-0.3, -0.25) is 0 Å². The van der Waals surface area contributed by atoms with Crippen molar-refractivity contribution in [2.45, 2.75) is 109 Å². The van der Waals surface area contributed by atoms with Gasteiger partial charge in [-0.05, 0) is 99.5 Å². The van der Waals surface area contributed by atoms with E-state index >= 15 is 0 Å². The number of allylic oxidation sites excluding steroid dienone is 3. The van der Waals surface area contributed by atoms with Crippen LogP contribution in [-0.2, 0) is 0 Å². The van der Waals surface area contributed by atoms with Crippen LogP contribution in [0.15, 0.2) is 35.5 Å². The Balaban J connectivity index is 1.71. The van der Waals surface area contributed by atoms with Crippen molar-refractivity contribution in [3.05, 3.63) is 35.5 Å². The molecular formula is C27H44O4. The average Bonchev–Trinajstić information content (AvgIpc) is 3.04. The highest BCUT2D eigenvalue weighted by molar-refractivity contribution is 5.38. The largest absolute Gasteiger partial charge is 0.393 e. The van der Waals surface area contributed by atoms with Crippen LogP contribution in [-0.4, -0.2) is 44.3 Å². The number of hydrogen-bond acceptors (Lipinski definition) is 4. The standard InChI is InChI=1S/C27H44O4/c1-17(8-13-25(30)26(3,4)31)22-11-12-23-19(7-6-14-27(22,23)5)9-10-20-15-21(28)16-24(29)18(20)2/h9-10,17,21-25,28-31H,2,6-8,11-16H2,1,3-5H3/b19-9?,20-10-/t17-,21-,22-,23?,24-,25?,27-/m1/s1. The van der Waals surface area contributed by atoms with Gasteiger partial charge in [0.15, 0.2) is 0 Å². The van der Waals surface area contributed by atoms with E-state index in [0.29, 0.717) is 37.0 Å². The molecule has 0 saturated heterocycles. The fraction of sp³-hybridized carbons (Fsp3) is 0.778. The Bertz CT molecular complexity index is 715. The molecule has 4 heteroatoms. The Kier molecular flexibility index (Phi) is 7.57. The molecule has 4 N–H and O–H groups in total. The molecule has 0 aromatic heterocycles. The van der Waals surface area contributed by atoms with E-state index in [4.69, 9.17) is 0 Å². The fourth-order valence-electron chi connectivity index (χ4n) is 6.65. The van der Waals surface area contributed by atoms with Gasteiger partial charge in [-0.1, -0.05) is 38.2 Å². The van der Waals surface area contributed by atoms with Crippen molar-refractivity contribution in [1.29, 1.82) is 0 Å². The minimum Gasteiger partial charge on any atom is -0.393 e. The smallest absolute Gasteiger partial charge is 0.0849 e. The second kappa shape index (κ2) is 9.51. The molecule has 7 atom stereocenters. The van der Waals surface area contributed by atoms with Gasteiger partial charge >= 0.3 is 0 Å². The van der Waals surface area contributed by atoms with Gasteiger partial charge in [-0.25, -0.2) is 0 Å². The van der Waals surface area contributed by atoms with Crippen LogP contribution in [0, 0.1) is 23.2 Å². The van der Waals surface area contributed by atoms with Crippen LogP contribution in [0.2, 0.25) is 0 Å². The maximum absolute atomic E-state index is 10.3. The summed E-state index contributed by atoms with van der Waals surface area (Å²) in [6, 6.07) is 0. The molecule has 0 heterocycles. The van der Waals surface area contributed by atoms with E-state index < -0.39 is 23.9 Å². The normalized spacial score (nSPS) is 39.0. The predicted molar refractivity (Wildman–Crippen MR) is 125 cm³/mol. The minimum absolute atomic E-state index is 0.282. The summed E-state index contributed by atoms with van der Waals surface area (Å²) in [6.07, 6.45) is 11.1. The van der Waals surface area contributed by atoms with E-state index in [1.54, 1.807) is 13.8 Å². The summed E-state index contributed by atoms with van der Waals surface area (Å²) in [7, 11) is 0. The molecule has 2 unspecified atom stereocenters. The number of aliphatic hydroxyl groups is 4. The lowest BCUT2D eigenvalue weighted by Gasteiger charge is -2.44. The minimum atomic E-state index is -1.04. The summed E-state index contributed by atoms with van der Waals surface area (Å²) >= 11 is 0. The van der Waals surface area contributed by atoms with Crippen LogP contribution in [0.25, 0.3) is 0 Å². The molecule has 3 fully saturated rings. The third-order valence-electron chi connectivity index (χ3n) is 8.70. The molecule has 0 aromatic rings. The summed E-state index contributed by atoms with van der Waals surface area (Å²) in [4.78, 5) is 0. The molecule has 3 rings (SSSR count). The number of hydrogen-bond donors (Lipinski definition) is 4. The van der Waals surface area contributed by atoms with Crippen LogP contribution >= 0.6 is 0 Å². The van der Waals surface area contributed by atoms with Crippen molar-refractivity contribution in [3.63, 3.8) is 0 Å². The predicted octanol–water partition coefficient (Wildman–Crippen LogP) is 4.68. The highest BCUT2D eigenvalue weighted by Gasteiger charge is 2.50. The van der Waals surface area contributed by atoms with Gasteiger partial charge in [-0.15, -0.1) is 0 Å². The Morgan fingerprint density at radius 2 is 1.90 bits per heavy atom. The van der Waals surface area contributed by atoms with Gasteiger partial charge in [0.2, 0.25) is 0 Å². The summed E-state index contributed by atoms with van der Waals surface area (Å²) in [5.74, 6) is 1.74. The van der Waals surface area contributed by atoms with E-state index in [-0.39, 0.29) is 5.41 Å². The van der Waals surface area contributed by atoms with Gasteiger partial charge in [0.1, 0.15) is 0 Å². The maximum atomic E-state index is 10.3. The fourth-order valence-corrected chi connectivity index (χ4v) is 6.65. The zero-order valence-electron chi connectivity index (χ0n) is 20.0. The summed E-state index contributed by atoms with van der Waals surface area (Å²) < 4.78 is 0. The van der Waals surface area contributed by atoms with E-state index in [1.165, 1.54) is 31.3 Å². The highest BCUT2D eigenvalue weighted by Crippen LogP contribution is 2.60. The van der Waals surface area contributed by atoms with Crippen LogP contribution in [0.5, 0.6) is 0 Å². The first-order chi connectivity index (χ1) is 14.4. The molecule has 0 aliphatic heterocycles. The molecule has 3 aliphatic carbocycles. The van der Waals surface area contributed by atoms with Crippen LogP contribution < -0.4 is 0 Å². The van der Waals surface area contributed by atoms with Crippen molar-refractivity contribution in [2.24, 2.45) is 23.2 Å². The molecule has 0 bridgehead atoms. The zero-order chi connectivity index (χ0) is 23.0. The SMILES string of the molecule is C=C1/C(=C\C=C2CCC[C@@]3(C)C2CC[C@@H]3[C@H](C)CCC(O)C(C)(C)O)C[C@@H](O)C[C@H]1O. The molecule has 0 radical (unpaired) electrons. The Hall–Kier alpha value is -0.940. The van der Waals surface area contributed by atoms with Crippen molar-refractivity contribution in [2.75, 3.05) is 0 Å². The van der Waals surface area contributed by atoms with Crippen molar-refractivity contribution < 1.29 is 20.4 Å². The first-order valence-electron chi connectivity index (χ1n) is 12.3. The van der Waals surface area contributed by atoms with E-state index in [0.717, 1.165) is 24.0 Å². The quantitative estimate of drug-likeness (QED) is 0.491. The third kappa shape index (κ3) is 5.35. The number of aliphatic hydroxyl groups excluding tert-OH is 3. The highest BCUT2D eigenvalue weighted by atomic mass is 16.3. The monoisotopic (exact) mass is 432 g/mol. The second-order valence-corrected chi connectivity index (χ2v) is 11.4. The molecule has 0 aromatic carbocycles. The lowest BCUT2D eigenvalue weighted by Crippen LogP contribution is -2.38. The molecule has 0 spiro atoms. The summed E-state index contributed by atoms with van der Waals surface area (Å²) in [5.41, 5.74) is 2.48. The molecular weight excluding hydrogens is 388 g/mol. The Morgan fingerprint density at radius 1 is 1.19 bits per heavy atom. The van der Waals surface area contributed by atoms with Crippen molar-refractivity contribution >= 4 is 0 Å². The van der Waals surface area contributed by atoms with Crippen molar-refractivity contribution in [3.8, 4) is 0 Å². The topological polar surface area (TPSA) is 80.9 Å². The van der Waals surface area contributed by atoms with Gasteiger partial charge in [0, 0.05) is 6.42 Å². The van der Waals surface area contributed by atoms with Gasteiger partial charge in [0.25, 0.3) is 0 Å². The van der Waals surface area contributed by atoms with Gasteiger partial charge < -0.3 is 20.4 Å². The molecule has 3 aliphatic rings. The first-order valence-corrected chi connectivity index (χ1v) is 12.3. The number of rotatable bonds is 6. The van der Waals surface area contributed by atoms with Crippen molar-refractivity contribution in [1.82, 2.24) is 0 Å². The van der Waals surface area contributed by atoms with Crippen LogP contribution in [0.1, 0.15) is 85.5 Å². The lowest BCUT2D eigenvalue weighted by atomic mass is 9.60. The third-order valence-corrected chi connectivity index (χ3v) is 8.70. The molecule has 176 valence electrons. The molecule has 4 nitrogen and oxygen atoms in total. The lowest BCUT2D eigenvalue weighted by molar-refractivity contribution is -0.0554. The summed E-state index contributed by atoms with van der Waals surface area (Å²) in [5, 5.41) is 40.5. The average molecular weight is 433 g/mol. The van der Waals surface area contributed by atoms with E-state index in [1.807, 2.05) is 0 Å². The molecule has 0 amide bonds. The van der Waals surface area contributed by atoms with E-state index in [9.17, 15) is 20.4 Å². The van der Waals surface area contributed by atoms with Crippen LogP contribution in [0.4, 0.5) is 0 Å². The molecule has 31 heavy (non-hydrogen) atoms. The Morgan fingerprint density at radius 3 is 2.58 bits per heavy atom. The first kappa shape index (κ1) is 24.7. The number of fused-ring (bicyclic) bond motifs is 1. The van der Waals surface area contributed by atoms with Crippen LogP contribution in [0.3, 0.4) is 0 Å². The zero-order valence-corrected chi connectivity index (χ0v) is 20.0. The Labute approximate surface area is 188 Å². The van der Waals surface area contributed by atoms with E-state index in [2.05, 4.69) is 32.6 Å². The van der Waals surface area contributed by atoms with Gasteiger partial charge in [-0.2, -0.15) is 0 Å². The maximum Gasteiger partial charge on any atom is 0.0849 e. The van der Waals surface area contributed by atoms with Gasteiger partial charge in [0.05, 0.1) is 23.9 Å².